The van der Waals surface area contributed by atoms with Gasteiger partial charge in [0.05, 0.1) is 12.4 Å². The zero-order valence-corrected chi connectivity index (χ0v) is 10.4. The van der Waals surface area contributed by atoms with Gasteiger partial charge in [-0.3, -0.25) is 10.1 Å². The van der Waals surface area contributed by atoms with Crippen molar-refractivity contribution in [2.45, 2.75) is 13.3 Å². The molecule has 0 aliphatic rings. The fraction of sp³-hybridized carbons (Fsp3) is 0.222. The molecule has 0 bridgehead atoms. The van der Waals surface area contributed by atoms with Crippen LogP contribution in [0.15, 0.2) is 12.4 Å². The van der Waals surface area contributed by atoms with Crippen LogP contribution in [0.2, 0.25) is 0 Å². The quantitative estimate of drug-likeness (QED) is 0.541. The Kier molecular flexibility index (Phi) is 3.75. The highest BCUT2D eigenvalue weighted by atomic mass is 32.1. The van der Waals surface area contributed by atoms with Crippen LogP contribution >= 0.6 is 11.3 Å². The van der Waals surface area contributed by atoms with Crippen LogP contribution in [0.25, 0.3) is 0 Å². The van der Waals surface area contributed by atoms with Gasteiger partial charge in [-0.1, -0.05) is 18.3 Å². The standard InChI is InChI=1S/C9H11N7OS/c1-2-7-15-16-9(18-7)13-8(17)5-3-12-6(14-10)4-11-5/h3-4H,2,10H2,1H3,(H,12,14)(H,13,16,17). The van der Waals surface area contributed by atoms with Crippen molar-refractivity contribution in [3.8, 4) is 0 Å². The van der Waals surface area contributed by atoms with Gasteiger partial charge >= 0.3 is 0 Å². The number of anilines is 2. The van der Waals surface area contributed by atoms with Crippen molar-refractivity contribution in [2.24, 2.45) is 5.84 Å². The maximum Gasteiger partial charge on any atom is 0.277 e. The van der Waals surface area contributed by atoms with Gasteiger partial charge in [0.15, 0.2) is 5.82 Å². The molecule has 0 unspecified atom stereocenters. The SMILES string of the molecule is CCc1nnc(NC(=O)c2cnc(NN)cn2)s1. The maximum atomic E-state index is 11.8. The van der Waals surface area contributed by atoms with Crippen molar-refractivity contribution in [3.63, 3.8) is 0 Å². The summed E-state index contributed by atoms with van der Waals surface area (Å²) < 4.78 is 0. The lowest BCUT2D eigenvalue weighted by atomic mass is 10.4. The van der Waals surface area contributed by atoms with Crippen LogP contribution < -0.4 is 16.6 Å². The van der Waals surface area contributed by atoms with Gasteiger partial charge in [0.2, 0.25) is 5.13 Å². The van der Waals surface area contributed by atoms with E-state index in [4.69, 9.17) is 5.84 Å². The van der Waals surface area contributed by atoms with E-state index in [-0.39, 0.29) is 11.6 Å². The number of nitrogens with one attached hydrogen (secondary N) is 2. The third kappa shape index (κ3) is 2.76. The first-order chi connectivity index (χ1) is 8.72. The zero-order valence-electron chi connectivity index (χ0n) is 9.54. The highest BCUT2D eigenvalue weighted by Crippen LogP contribution is 2.15. The van der Waals surface area contributed by atoms with Gasteiger partial charge < -0.3 is 5.43 Å². The molecule has 0 atom stereocenters. The molecule has 0 spiro atoms. The Hall–Kier alpha value is -2.13. The Balaban J connectivity index is 2.06. The van der Waals surface area contributed by atoms with E-state index in [0.29, 0.717) is 10.9 Å². The van der Waals surface area contributed by atoms with Crippen LogP contribution in [0, 0.1) is 0 Å². The van der Waals surface area contributed by atoms with Crippen molar-refractivity contribution in [1.29, 1.82) is 0 Å². The number of hydrogen-bond donors (Lipinski definition) is 3. The summed E-state index contributed by atoms with van der Waals surface area (Å²) in [6.45, 7) is 1.97. The summed E-state index contributed by atoms with van der Waals surface area (Å²) in [7, 11) is 0. The van der Waals surface area contributed by atoms with E-state index in [1.54, 1.807) is 0 Å². The number of carbonyl (C=O) groups is 1. The summed E-state index contributed by atoms with van der Waals surface area (Å²) in [5, 5.41) is 11.6. The molecule has 0 saturated heterocycles. The molecule has 1 amide bonds. The van der Waals surface area contributed by atoms with Crippen LogP contribution in [-0.2, 0) is 6.42 Å². The fourth-order valence-electron chi connectivity index (χ4n) is 1.13. The van der Waals surface area contributed by atoms with Crippen molar-refractivity contribution in [1.82, 2.24) is 20.2 Å². The van der Waals surface area contributed by atoms with Crippen LogP contribution in [0.1, 0.15) is 22.4 Å². The molecule has 9 heteroatoms. The molecule has 0 radical (unpaired) electrons. The Labute approximate surface area is 107 Å². The summed E-state index contributed by atoms with van der Waals surface area (Å²) in [5.74, 6) is 5.15. The highest BCUT2D eigenvalue weighted by molar-refractivity contribution is 7.15. The fourth-order valence-corrected chi connectivity index (χ4v) is 1.80. The number of nitrogen functional groups attached to an aromatic ring is 1. The van der Waals surface area contributed by atoms with Crippen LogP contribution in [0.4, 0.5) is 10.9 Å². The molecule has 2 aromatic heterocycles. The first kappa shape index (κ1) is 12.3. The number of aromatic nitrogens is 4. The van der Waals surface area contributed by atoms with Crippen LogP contribution in [-0.4, -0.2) is 26.1 Å². The van der Waals surface area contributed by atoms with Crippen molar-refractivity contribution in [2.75, 3.05) is 10.7 Å². The lowest BCUT2D eigenvalue weighted by molar-refractivity contribution is 0.102. The van der Waals surface area contributed by atoms with Gasteiger partial charge in [-0.05, 0) is 6.42 Å². The number of hydrazine groups is 1. The lowest BCUT2D eigenvalue weighted by Gasteiger charge is -2.01. The number of hydrogen-bond acceptors (Lipinski definition) is 8. The molecular weight excluding hydrogens is 254 g/mol. The van der Waals surface area contributed by atoms with Crippen LogP contribution in [0.3, 0.4) is 0 Å². The Morgan fingerprint density at radius 3 is 2.78 bits per heavy atom. The molecular formula is C9H11N7OS. The molecule has 8 nitrogen and oxygen atoms in total. The molecule has 0 aliphatic carbocycles. The number of aryl methyl sites for hydroxylation is 1. The summed E-state index contributed by atoms with van der Waals surface area (Å²) in [6, 6.07) is 0. The zero-order chi connectivity index (χ0) is 13.0. The first-order valence-corrected chi connectivity index (χ1v) is 5.97. The second kappa shape index (κ2) is 5.47. The van der Waals surface area contributed by atoms with Crippen molar-refractivity contribution in [3.05, 3.63) is 23.1 Å². The normalized spacial score (nSPS) is 10.1. The summed E-state index contributed by atoms with van der Waals surface area (Å²) in [6.07, 6.45) is 3.48. The minimum atomic E-state index is -0.384. The number of nitrogens with zero attached hydrogens (tertiary/aromatic N) is 4. The summed E-state index contributed by atoms with van der Waals surface area (Å²) >= 11 is 1.33. The van der Waals surface area contributed by atoms with Gasteiger partial charge in [-0.15, -0.1) is 10.2 Å². The second-order valence-electron chi connectivity index (χ2n) is 3.24. The third-order valence-electron chi connectivity index (χ3n) is 2.02. The second-order valence-corrected chi connectivity index (χ2v) is 4.30. The van der Waals surface area contributed by atoms with E-state index in [9.17, 15) is 4.79 Å². The number of nitrogens with two attached hydrogens (primary N) is 1. The van der Waals surface area contributed by atoms with E-state index in [2.05, 4.69) is 30.9 Å². The average Bonchev–Trinajstić information content (AvgIpc) is 2.86. The van der Waals surface area contributed by atoms with Gasteiger partial charge in [-0.2, -0.15) is 0 Å². The van der Waals surface area contributed by atoms with E-state index >= 15 is 0 Å². The molecule has 0 saturated carbocycles. The van der Waals surface area contributed by atoms with Gasteiger partial charge in [-0.25, -0.2) is 15.8 Å². The van der Waals surface area contributed by atoms with Crippen molar-refractivity contribution < 1.29 is 4.79 Å². The molecule has 0 aliphatic heterocycles. The molecule has 0 fully saturated rings. The smallest absolute Gasteiger partial charge is 0.277 e. The summed E-state index contributed by atoms with van der Waals surface area (Å²) in [4.78, 5) is 19.6. The van der Waals surface area contributed by atoms with E-state index in [0.717, 1.165) is 11.4 Å². The Morgan fingerprint density at radius 2 is 2.22 bits per heavy atom. The molecule has 94 valence electrons. The molecule has 0 aromatic carbocycles. The minimum absolute atomic E-state index is 0.183. The van der Waals surface area contributed by atoms with E-state index in [1.807, 2.05) is 6.92 Å². The predicted molar refractivity (Wildman–Crippen MR) is 67.1 cm³/mol. The third-order valence-corrected chi connectivity index (χ3v) is 3.01. The predicted octanol–water partition coefficient (Wildman–Crippen LogP) is 0.428. The molecule has 2 aromatic rings. The molecule has 2 rings (SSSR count). The number of amides is 1. The lowest BCUT2D eigenvalue weighted by Crippen LogP contribution is -2.15. The van der Waals surface area contributed by atoms with Gasteiger partial charge in [0, 0.05) is 0 Å². The Morgan fingerprint density at radius 1 is 1.39 bits per heavy atom. The highest BCUT2D eigenvalue weighted by Gasteiger charge is 2.11. The maximum absolute atomic E-state index is 11.8. The molecule has 4 N–H and O–H groups in total. The van der Waals surface area contributed by atoms with E-state index in [1.165, 1.54) is 23.7 Å². The number of carbonyl (C=O) groups excluding carboxylic acids is 1. The van der Waals surface area contributed by atoms with E-state index < -0.39 is 0 Å². The monoisotopic (exact) mass is 265 g/mol. The Bertz CT molecular complexity index is 538. The topological polar surface area (TPSA) is 119 Å². The van der Waals surface area contributed by atoms with Gasteiger partial charge in [0.25, 0.3) is 5.91 Å². The number of rotatable bonds is 4. The first-order valence-electron chi connectivity index (χ1n) is 5.15. The van der Waals surface area contributed by atoms with Gasteiger partial charge in [0.1, 0.15) is 10.7 Å². The average molecular weight is 265 g/mol. The largest absolute Gasteiger partial charge is 0.307 e. The minimum Gasteiger partial charge on any atom is -0.307 e. The summed E-state index contributed by atoms with van der Waals surface area (Å²) in [5.41, 5.74) is 2.51. The molecule has 2 heterocycles. The van der Waals surface area contributed by atoms with Crippen molar-refractivity contribution >= 4 is 28.2 Å². The molecule has 18 heavy (non-hydrogen) atoms. The van der Waals surface area contributed by atoms with Crippen LogP contribution in [0.5, 0.6) is 0 Å².